The third kappa shape index (κ3) is 1.62. The Kier molecular flexibility index (Phi) is 2.33. The zero-order chi connectivity index (χ0) is 8.39. The lowest BCUT2D eigenvalue weighted by atomic mass is 9.93. The van der Waals surface area contributed by atoms with Gasteiger partial charge in [0.25, 0.3) is 0 Å². The molecule has 3 nitrogen and oxygen atoms in total. The van der Waals surface area contributed by atoms with Crippen molar-refractivity contribution in [2.45, 2.75) is 24.9 Å². The van der Waals surface area contributed by atoms with E-state index >= 15 is 0 Å². The molecule has 2 unspecified atom stereocenters. The predicted molar refractivity (Wildman–Crippen MR) is 45.9 cm³/mol. The quantitative estimate of drug-likeness (QED) is 0.585. The summed E-state index contributed by atoms with van der Waals surface area (Å²) < 4.78 is 10.4. The summed E-state index contributed by atoms with van der Waals surface area (Å²) in [6.07, 6.45) is 4.03. The number of hydrogen-bond donors (Lipinski definition) is 1. The summed E-state index contributed by atoms with van der Waals surface area (Å²) in [6.45, 7) is 1.69. The molecule has 2 saturated heterocycles. The summed E-state index contributed by atoms with van der Waals surface area (Å²) in [5.41, 5.74) is 1.41. The van der Waals surface area contributed by atoms with Gasteiger partial charge in [-0.2, -0.15) is 0 Å². The number of rotatable bonds is 1. The van der Waals surface area contributed by atoms with Gasteiger partial charge < -0.3 is 14.8 Å². The molecule has 2 aliphatic rings. The summed E-state index contributed by atoms with van der Waals surface area (Å²) >= 11 is 0. The van der Waals surface area contributed by atoms with Gasteiger partial charge >= 0.3 is 0 Å². The van der Waals surface area contributed by atoms with E-state index in [-0.39, 0.29) is 0 Å². The Bertz CT molecular complexity index is 177. The molecule has 0 saturated carbocycles. The number of morpholine rings is 1. The third-order valence-corrected chi connectivity index (χ3v) is 2.41. The molecule has 0 aromatic heterocycles. The Hall–Kier alpha value is -0.540. The van der Waals surface area contributed by atoms with Crippen LogP contribution in [0.5, 0.6) is 0 Å². The van der Waals surface area contributed by atoms with Gasteiger partial charge in [0.15, 0.2) is 0 Å². The molecule has 2 rings (SSSR count). The summed E-state index contributed by atoms with van der Waals surface area (Å²) in [7, 11) is 1.71. The van der Waals surface area contributed by atoms with Crippen LogP contribution in [0.1, 0.15) is 12.8 Å². The van der Waals surface area contributed by atoms with Crippen molar-refractivity contribution in [1.29, 1.82) is 0 Å². The van der Waals surface area contributed by atoms with Crippen LogP contribution in [-0.4, -0.2) is 32.4 Å². The van der Waals surface area contributed by atoms with E-state index in [2.05, 4.69) is 5.32 Å². The van der Waals surface area contributed by atoms with E-state index in [4.69, 9.17) is 9.47 Å². The molecule has 0 radical (unpaired) electrons. The van der Waals surface area contributed by atoms with Gasteiger partial charge in [-0.3, -0.25) is 0 Å². The highest BCUT2D eigenvalue weighted by Crippen LogP contribution is 2.22. The number of methoxy groups -OCH3 is 1. The van der Waals surface area contributed by atoms with Crippen LogP contribution in [0.2, 0.25) is 0 Å². The molecule has 2 fully saturated rings. The van der Waals surface area contributed by atoms with Gasteiger partial charge in [-0.1, -0.05) is 0 Å². The first kappa shape index (κ1) is 8.08. The van der Waals surface area contributed by atoms with Crippen LogP contribution in [-0.2, 0) is 9.47 Å². The number of fused-ring (bicyclic) bond motifs is 2. The molecule has 0 aromatic rings. The van der Waals surface area contributed by atoms with Gasteiger partial charge in [0.1, 0.15) is 0 Å². The monoisotopic (exact) mass is 169 g/mol. The topological polar surface area (TPSA) is 30.5 Å². The van der Waals surface area contributed by atoms with Crippen LogP contribution >= 0.6 is 0 Å². The average molecular weight is 169 g/mol. The van der Waals surface area contributed by atoms with Gasteiger partial charge in [-0.15, -0.1) is 0 Å². The normalized spacial score (nSPS) is 34.6. The number of hydrogen-bond acceptors (Lipinski definition) is 3. The molecule has 0 aliphatic carbocycles. The maximum absolute atomic E-state index is 5.43. The van der Waals surface area contributed by atoms with E-state index in [9.17, 15) is 0 Å². The fraction of sp³-hybridized carbons (Fsp3) is 0.778. The van der Waals surface area contributed by atoms with Crippen molar-refractivity contribution >= 4 is 0 Å². The van der Waals surface area contributed by atoms with Crippen LogP contribution in [0.15, 0.2) is 11.8 Å². The second-order valence-electron chi connectivity index (χ2n) is 3.52. The second kappa shape index (κ2) is 3.46. The minimum atomic E-state index is 0.513. The minimum Gasteiger partial charge on any atom is -0.504 e. The van der Waals surface area contributed by atoms with Crippen molar-refractivity contribution in [3.63, 3.8) is 0 Å². The molecule has 2 bridgehead atoms. The molecule has 2 heterocycles. The zero-order valence-electron chi connectivity index (χ0n) is 7.38. The Labute approximate surface area is 72.7 Å². The maximum Gasteiger partial charge on any atom is 0.0817 e. The molecular formula is C9H15NO2. The molecule has 0 aromatic carbocycles. The van der Waals surface area contributed by atoms with Crippen molar-refractivity contribution in [1.82, 2.24) is 5.32 Å². The molecule has 2 atom stereocenters. The van der Waals surface area contributed by atoms with Crippen molar-refractivity contribution in [2.24, 2.45) is 0 Å². The van der Waals surface area contributed by atoms with Crippen LogP contribution in [0.3, 0.4) is 0 Å². The fourth-order valence-corrected chi connectivity index (χ4v) is 2.00. The lowest BCUT2D eigenvalue weighted by molar-refractivity contribution is 0.0343. The van der Waals surface area contributed by atoms with E-state index in [0.717, 1.165) is 26.1 Å². The molecule has 0 spiro atoms. The Morgan fingerprint density at radius 2 is 2.08 bits per heavy atom. The van der Waals surface area contributed by atoms with Crippen molar-refractivity contribution in [2.75, 3.05) is 20.3 Å². The van der Waals surface area contributed by atoms with Crippen molar-refractivity contribution in [3.05, 3.63) is 11.8 Å². The van der Waals surface area contributed by atoms with E-state index in [1.807, 2.05) is 6.26 Å². The average Bonchev–Trinajstić information content (AvgIpc) is 2.04. The van der Waals surface area contributed by atoms with Crippen LogP contribution in [0.25, 0.3) is 0 Å². The highest BCUT2D eigenvalue weighted by atomic mass is 16.5. The Morgan fingerprint density at radius 3 is 2.67 bits per heavy atom. The van der Waals surface area contributed by atoms with E-state index in [1.165, 1.54) is 5.57 Å². The third-order valence-electron chi connectivity index (χ3n) is 2.41. The summed E-state index contributed by atoms with van der Waals surface area (Å²) in [5, 5.41) is 3.52. The van der Waals surface area contributed by atoms with Crippen LogP contribution in [0.4, 0.5) is 0 Å². The molecule has 12 heavy (non-hydrogen) atoms. The van der Waals surface area contributed by atoms with Gasteiger partial charge in [0, 0.05) is 12.1 Å². The molecule has 3 heteroatoms. The highest BCUT2D eigenvalue weighted by Gasteiger charge is 2.28. The smallest absolute Gasteiger partial charge is 0.0817 e. The first-order valence-corrected chi connectivity index (χ1v) is 4.43. The van der Waals surface area contributed by atoms with Crippen molar-refractivity contribution in [3.8, 4) is 0 Å². The molecular weight excluding hydrogens is 154 g/mol. The molecule has 1 N–H and O–H groups in total. The van der Waals surface area contributed by atoms with E-state index < -0.39 is 0 Å². The number of piperidine rings is 1. The Morgan fingerprint density at radius 1 is 1.42 bits per heavy atom. The number of nitrogens with one attached hydrogen (secondary N) is 1. The van der Waals surface area contributed by atoms with E-state index in [0.29, 0.717) is 12.1 Å². The Balaban J connectivity index is 2.00. The van der Waals surface area contributed by atoms with Gasteiger partial charge in [-0.25, -0.2) is 0 Å². The fourth-order valence-electron chi connectivity index (χ4n) is 2.00. The highest BCUT2D eigenvalue weighted by molar-refractivity contribution is 5.09. The summed E-state index contributed by atoms with van der Waals surface area (Å²) in [6, 6.07) is 1.03. The molecule has 2 aliphatic heterocycles. The largest absolute Gasteiger partial charge is 0.504 e. The van der Waals surface area contributed by atoms with Gasteiger partial charge in [0.2, 0.25) is 0 Å². The standard InChI is InChI=1S/C9H15NO2/c1-11-4-7-2-8-5-12-6-9(3-7)10-8/h4,8-10H,2-3,5-6H2,1H3. The predicted octanol–water partition coefficient (Wildman–Crippen LogP) is 0.667. The summed E-state index contributed by atoms with van der Waals surface area (Å²) in [4.78, 5) is 0. The van der Waals surface area contributed by atoms with Crippen molar-refractivity contribution < 1.29 is 9.47 Å². The van der Waals surface area contributed by atoms with Crippen LogP contribution < -0.4 is 5.32 Å². The number of ether oxygens (including phenoxy) is 2. The van der Waals surface area contributed by atoms with E-state index in [1.54, 1.807) is 7.11 Å². The lowest BCUT2D eigenvalue weighted by Crippen LogP contribution is -2.52. The van der Waals surface area contributed by atoms with Crippen LogP contribution in [0, 0.1) is 0 Å². The first-order valence-electron chi connectivity index (χ1n) is 4.43. The lowest BCUT2D eigenvalue weighted by Gasteiger charge is -2.36. The minimum absolute atomic E-state index is 0.513. The van der Waals surface area contributed by atoms with Gasteiger partial charge in [0.05, 0.1) is 26.6 Å². The zero-order valence-corrected chi connectivity index (χ0v) is 7.38. The SMILES string of the molecule is COC=C1CC2COCC(C1)N2. The van der Waals surface area contributed by atoms with Gasteiger partial charge in [-0.05, 0) is 18.4 Å². The second-order valence-corrected chi connectivity index (χ2v) is 3.52. The first-order chi connectivity index (χ1) is 5.88. The molecule has 68 valence electrons. The summed E-state index contributed by atoms with van der Waals surface area (Å²) in [5.74, 6) is 0. The molecule has 0 amide bonds. The maximum atomic E-state index is 5.43.